The number of hydrogen-bond acceptors (Lipinski definition) is 0. The van der Waals surface area contributed by atoms with Gasteiger partial charge >= 0.3 is 0 Å². The van der Waals surface area contributed by atoms with Crippen LogP contribution in [0.3, 0.4) is 0 Å². The standard InChI is InChI=1S/C9H13N/c1-10-8-7-9-5-3-2-4-6-9/h3,5,9H,2,4,6-8H2. The summed E-state index contributed by atoms with van der Waals surface area (Å²) in [6, 6.07) is 0. The smallest absolute Gasteiger partial charge is 0.215 e. The van der Waals surface area contributed by atoms with Crippen LogP contribution in [0.2, 0.25) is 0 Å². The highest BCUT2D eigenvalue weighted by Gasteiger charge is 2.08. The van der Waals surface area contributed by atoms with Crippen LogP contribution in [-0.4, -0.2) is 6.54 Å². The number of hydrogen-bond donors (Lipinski definition) is 0. The first-order valence-electron chi connectivity index (χ1n) is 3.93. The third kappa shape index (κ3) is 2.23. The Labute approximate surface area is 62.6 Å². The lowest BCUT2D eigenvalue weighted by Gasteiger charge is -2.12. The fraction of sp³-hybridized carbons (Fsp3) is 0.667. The first-order valence-corrected chi connectivity index (χ1v) is 3.93. The van der Waals surface area contributed by atoms with Crippen LogP contribution in [0.15, 0.2) is 12.2 Å². The van der Waals surface area contributed by atoms with Gasteiger partial charge in [0.05, 0.1) is 0 Å². The molecule has 1 aliphatic carbocycles. The zero-order chi connectivity index (χ0) is 7.23. The maximum Gasteiger partial charge on any atom is 0.215 e. The van der Waals surface area contributed by atoms with E-state index in [1.165, 1.54) is 19.3 Å². The monoisotopic (exact) mass is 135 g/mol. The molecule has 10 heavy (non-hydrogen) atoms. The van der Waals surface area contributed by atoms with Gasteiger partial charge in [-0.3, -0.25) is 0 Å². The van der Waals surface area contributed by atoms with Crippen LogP contribution in [0.5, 0.6) is 0 Å². The van der Waals surface area contributed by atoms with Crippen molar-refractivity contribution < 1.29 is 0 Å². The Balaban J connectivity index is 2.21. The van der Waals surface area contributed by atoms with Gasteiger partial charge in [-0.15, -0.1) is 0 Å². The molecule has 1 nitrogen and oxygen atoms in total. The molecule has 1 atom stereocenters. The predicted octanol–water partition coefficient (Wildman–Crippen LogP) is 2.65. The van der Waals surface area contributed by atoms with Crippen molar-refractivity contribution in [1.82, 2.24) is 0 Å². The minimum atomic E-state index is 0.703. The Bertz CT molecular complexity index is 153. The van der Waals surface area contributed by atoms with Gasteiger partial charge in [0.25, 0.3) is 0 Å². The van der Waals surface area contributed by atoms with Crippen LogP contribution < -0.4 is 0 Å². The van der Waals surface area contributed by atoms with Crippen LogP contribution in [0.25, 0.3) is 4.85 Å². The van der Waals surface area contributed by atoms with E-state index in [4.69, 9.17) is 6.57 Å². The average molecular weight is 135 g/mol. The van der Waals surface area contributed by atoms with E-state index < -0.39 is 0 Å². The molecule has 1 unspecified atom stereocenters. The molecule has 0 aromatic rings. The van der Waals surface area contributed by atoms with E-state index in [9.17, 15) is 0 Å². The van der Waals surface area contributed by atoms with Crippen molar-refractivity contribution >= 4 is 0 Å². The predicted molar refractivity (Wildman–Crippen MR) is 42.6 cm³/mol. The molecule has 1 rings (SSSR count). The zero-order valence-electron chi connectivity index (χ0n) is 6.21. The van der Waals surface area contributed by atoms with Crippen LogP contribution in [0.1, 0.15) is 25.7 Å². The maximum atomic E-state index is 6.62. The molecule has 0 saturated carbocycles. The Morgan fingerprint density at radius 1 is 1.60 bits per heavy atom. The van der Waals surface area contributed by atoms with Crippen LogP contribution >= 0.6 is 0 Å². The van der Waals surface area contributed by atoms with Crippen molar-refractivity contribution in [1.29, 1.82) is 0 Å². The summed E-state index contributed by atoms with van der Waals surface area (Å²) in [5, 5.41) is 0. The molecule has 0 aliphatic heterocycles. The molecule has 54 valence electrons. The van der Waals surface area contributed by atoms with E-state index in [0.29, 0.717) is 12.5 Å². The molecule has 0 spiro atoms. The summed E-state index contributed by atoms with van der Waals surface area (Å²) < 4.78 is 0. The normalized spacial score (nSPS) is 24.1. The van der Waals surface area contributed by atoms with Crippen molar-refractivity contribution in [3.63, 3.8) is 0 Å². The summed E-state index contributed by atoms with van der Waals surface area (Å²) in [5.41, 5.74) is 0. The number of nitrogens with zero attached hydrogens (tertiary/aromatic N) is 1. The maximum absolute atomic E-state index is 6.62. The van der Waals surface area contributed by atoms with Gasteiger partial charge in [-0.2, -0.15) is 0 Å². The highest BCUT2D eigenvalue weighted by Crippen LogP contribution is 2.19. The summed E-state index contributed by atoms with van der Waals surface area (Å²) in [7, 11) is 0. The first kappa shape index (κ1) is 7.34. The van der Waals surface area contributed by atoms with E-state index in [1.54, 1.807) is 0 Å². The quantitative estimate of drug-likeness (QED) is 0.405. The van der Waals surface area contributed by atoms with Crippen molar-refractivity contribution in [2.75, 3.05) is 6.54 Å². The summed E-state index contributed by atoms with van der Waals surface area (Å²) >= 11 is 0. The van der Waals surface area contributed by atoms with E-state index in [0.717, 1.165) is 6.42 Å². The number of allylic oxidation sites excluding steroid dienone is 2. The lowest BCUT2D eigenvalue weighted by atomic mass is 9.93. The van der Waals surface area contributed by atoms with Crippen molar-refractivity contribution in [2.24, 2.45) is 5.92 Å². The minimum absolute atomic E-state index is 0.703. The summed E-state index contributed by atoms with van der Waals surface area (Å²) in [6.07, 6.45) is 9.45. The van der Waals surface area contributed by atoms with Gasteiger partial charge in [-0.25, -0.2) is 6.57 Å². The SMILES string of the molecule is [C-]#[N+]CCC1C=CCCC1. The summed E-state index contributed by atoms with van der Waals surface area (Å²) in [6.45, 7) is 7.33. The molecule has 0 heterocycles. The van der Waals surface area contributed by atoms with E-state index in [2.05, 4.69) is 17.0 Å². The molecule has 0 N–H and O–H groups in total. The second-order valence-electron chi connectivity index (χ2n) is 2.79. The van der Waals surface area contributed by atoms with Crippen LogP contribution in [0, 0.1) is 12.5 Å². The Morgan fingerprint density at radius 2 is 2.50 bits per heavy atom. The third-order valence-corrected chi connectivity index (χ3v) is 1.97. The third-order valence-electron chi connectivity index (χ3n) is 1.97. The van der Waals surface area contributed by atoms with Gasteiger partial charge in [0, 0.05) is 6.42 Å². The molecule has 0 radical (unpaired) electrons. The van der Waals surface area contributed by atoms with Crippen molar-refractivity contribution in [3.8, 4) is 0 Å². The molecule has 0 saturated heterocycles. The fourth-order valence-corrected chi connectivity index (χ4v) is 1.35. The van der Waals surface area contributed by atoms with Crippen molar-refractivity contribution in [3.05, 3.63) is 23.6 Å². The molecule has 1 heteroatoms. The molecule has 0 aromatic carbocycles. The largest absolute Gasteiger partial charge is 0.317 e. The summed E-state index contributed by atoms with van der Waals surface area (Å²) in [5.74, 6) is 0.711. The highest BCUT2D eigenvalue weighted by atomic mass is 14.6. The van der Waals surface area contributed by atoms with Crippen LogP contribution in [-0.2, 0) is 0 Å². The van der Waals surface area contributed by atoms with Gasteiger partial charge < -0.3 is 4.85 Å². The number of rotatable bonds is 2. The highest BCUT2D eigenvalue weighted by molar-refractivity contribution is 4.93. The Kier molecular flexibility index (Phi) is 3.02. The molecule has 0 amide bonds. The van der Waals surface area contributed by atoms with Gasteiger partial charge in [-0.05, 0) is 25.2 Å². The lowest BCUT2D eigenvalue weighted by molar-refractivity contribution is 0.522. The molecule has 1 aliphatic rings. The molecule has 0 bridgehead atoms. The van der Waals surface area contributed by atoms with E-state index in [-0.39, 0.29) is 0 Å². The molecular weight excluding hydrogens is 122 g/mol. The van der Waals surface area contributed by atoms with Crippen molar-refractivity contribution in [2.45, 2.75) is 25.7 Å². The Morgan fingerprint density at radius 3 is 3.10 bits per heavy atom. The van der Waals surface area contributed by atoms with Crippen LogP contribution in [0.4, 0.5) is 0 Å². The molecule has 0 aromatic heterocycles. The Hall–Kier alpha value is -0.770. The van der Waals surface area contributed by atoms with E-state index in [1.807, 2.05) is 0 Å². The fourth-order valence-electron chi connectivity index (χ4n) is 1.35. The van der Waals surface area contributed by atoms with Gasteiger partial charge in [0.2, 0.25) is 6.54 Å². The second kappa shape index (κ2) is 4.11. The van der Waals surface area contributed by atoms with Gasteiger partial charge in [-0.1, -0.05) is 12.2 Å². The lowest BCUT2D eigenvalue weighted by Crippen LogP contribution is -2.01. The average Bonchev–Trinajstić information content (AvgIpc) is 2.03. The molecular formula is C9H13N. The second-order valence-corrected chi connectivity index (χ2v) is 2.79. The van der Waals surface area contributed by atoms with E-state index >= 15 is 0 Å². The molecule has 0 fully saturated rings. The first-order chi connectivity index (χ1) is 4.93. The van der Waals surface area contributed by atoms with Gasteiger partial charge in [0.1, 0.15) is 0 Å². The topological polar surface area (TPSA) is 4.36 Å². The zero-order valence-corrected chi connectivity index (χ0v) is 6.21. The minimum Gasteiger partial charge on any atom is -0.317 e. The van der Waals surface area contributed by atoms with Gasteiger partial charge in [0.15, 0.2) is 0 Å². The summed E-state index contributed by atoms with van der Waals surface area (Å²) in [4.78, 5) is 3.35.